The maximum atomic E-state index is 5.13. The van der Waals surface area contributed by atoms with E-state index < -0.39 is 0 Å². The summed E-state index contributed by atoms with van der Waals surface area (Å²) in [7, 11) is 0. The molecule has 0 aliphatic heterocycles. The topological polar surface area (TPSA) is 38.7 Å². The highest BCUT2D eigenvalue weighted by Crippen LogP contribution is 2.43. The van der Waals surface area contributed by atoms with E-state index in [9.17, 15) is 0 Å². The molecule has 0 bridgehead atoms. The lowest BCUT2D eigenvalue weighted by Gasteiger charge is -2.16. The minimum atomic E-state index is 0.660. The molecule has 204 valence electrons. The zero-order valence-corrected chi connectivity index (χ0v) is 23.8. The second-order valence-corrected chi connectivity index (χ2v) is 11.2. The molecule has 0 saturated carbocycles. The molecule has 0 atom stereocenters. The van der Waals surface area contributed by atoms with Crippen molar-refractivity contribution in [3.8, 4) is 34.2 Å². The fourth-order valence-electron chi connectivity index (χ4n) is 6.72. The number of nitrogens with zero attached hydrogens (tertiary/aromatic N) is 3. The van der Waals surface area contributed by atoms with E-state index in [0.717, 1.165) is 27.5 Å². The first-order valence-electron chi connectivity index (χ1n) is 14.9. The van der Waals surface area contributed by atoms with Crippen LogP contribution >= 0.6 is 0 Å². The standard InChI is InChI=1S/C41H25N3/c1-3-13-26(14-4-1)39-42-40(27-15-5-2-6-16-27)44-41(43-39)36-25-28-17-11-22-33-31-20-9-7-18-29(31)30-19-8-10-21-32(30)34-23-12-24-35(36)38(34)37(28)33/h1-25H. The van der Waals surface area contributed by atoms with Crippen LogP contribution in [0.1, 0.15) is 0 Å². The summed E-state index contributed by atoms with van der Waals surface area (Å²) in [4.78, 5) is 15.2. The van der Waals surface area contributed by atoms with Crippen molar-refractivity contribution in [2.45, 2.75) is 0 Å². The number of benzene rings is 7. The van der Waals surface area contributed by atoms with Crippen LogP contribution in [0.4, 0.5) is 0 Å². The number of hydrogen-bond acceptors (Lipinski definition) is 3. The molecule has 0 aliphatic carbocycles. The maximum Gasteiger partial charge on any atom is 0.164 e. The van der Waals surface area contributed by atoms with Crippen LogP contribution in [-0.2, 0) is 0 Å². The van der Waals surface area contributed by atoms with Gasteiger partial charge in [-0.2, -0.15) is 0 Å². The Morgan fingerprint density at radius 2 is 0.705 bits per heavy atom. The highest BCUT2D eigenvalue weighted by atomic mass is 15.0. The van der Waals surface area contributed by atoms with E-state index in [-0.39, 0.29) is 0 Å². The average molecular weight is 560 g/mol. The Morgan fingerprint density at radius 3 is 1.27 bits per heavy atom. The van der Waals surface area contributed by atoms with Crippen LogP contribution in [-0.4, -0.2) is 15.0 Å². The molecule has 9 rings (SSSR count). The van der Waals surface area contributed by atoms with E-state index in [1.807, 2.05) is 36.4 Å². The summed E-state index contributed by atoms with van der Waals surface area (Å²) in [5, 5.41) is 12.2. The Kier molecular flexibility index (Phi) is 5.50. The van der Waals surface area contributed by atoms with Gasteiger partial charge in [-0.25, -0.2) is 15.0 Å². The van der Waals surface area contributed by atoms with E-state index in [0.29, 0.717) is 17.5 Å². The monoisotopic (exact) mass is 559 g/mol. The summed E-state index contributed by atoms with van der Waals surface area (Å²) >= 11 is 0. The summed E-state index contributed by atoms with van der Waals surface area (Å²) in [5.41, 5.74) is 2.91. The molecule has 1 heterocycles. The lowest BCUT2D eigenvalue weighted by molar-refractivity contribution is 1.08. The molecule has 0 radical (unpaired) electrons. The number of fused-ring (bicyclic) bond motifs is 5. The fourth-order valence-corrected chi connectivity index (χ4v) is 6.72. The number of hydrogen-bond donors (Lipinski definition) is 0. The van der Waals surface area contributed by atoms with Gasteiger partial charge in [0, 0.05) is 16.7 Å². The third-order valence-corrected chi connectivity index (χ3v) is 8.67. The summed E-state index contributed by atoms with van der Waals surface area (Å²) in [6.45, 7) is 0. The minimum Gasteiger partial charge on any atom is -0.208 e. The molecule has 0 unspecified atom stereocenters. The molecule has 3 heteroatoms. The van der Waals surface area contributed by atoms with E-state index in [1.165, 1.54) is 43.1 Å². The van der Waals surface area contributed by atoms with Crippen LogP contribution < -0.4 is 0 Å². The molecule has 8 aromatic carbocycles. The highest BCUT2D eigenvalue weighted by Gasteiger charge is 2.19. The van der Waals surface area contributed by atoms with E-state index in [4.69, 9.17) is 15.0 Å². The Bertz CT molecular complexity index is 2480. The van der Waals surface area contributed by atoms with Crippen molar-refractivity contribution in [1.29, 1.82) is 0 Å². The molecular formula is C41H25N3. The summed E-state index contributed by atoms with van der Waals surface area (Å²) in [6, 6.07) is 53.4. The smallest absolute Gasteiger partial charge is 0.164 e. The molecule has 44 heavy (non-hydrogen) atoms. The molecule has 0 aliphatic rings. The normalized spacial score (nSPS) is 11.6. The quantitative estimate of drug-likeness (QED) is 0.202. The first kappa shape index (κ1) is 24.6. The summed E-state index contributed by atoms with van der Waals surface area (Å²) in [5.74, 6) is 1.99. The Labute approximate surface area is 254 Å². The predicted molar refractivity (Wildman–Crippen MR) is 184 cm³/mol. The van der Waals surface area contributed by atoms with Gasteiger partial charge in [-0.3, -0.25) is 0 Å². The Hall–Kier alpha value is -5.93. The SMILES string of the molecule is c1ccc(-c2nc(-c3ccccc3)nc(-c3cc4cccc5c6ccccc6c6ccccc6c6cccc3c6c45)n2)cc1. The second kappa shape index (κ2) is 9.82. The van der Waals surface area contributed by atoms with Gasteiger partial charge in [0.05, 0.1) is 0 Å². The van der Waals surface area contributed by atoms with Crippen LogP contribution in [0.3, 0.4) is 0 Å². The van der Waals surface area contributed by atoms with E-state index >= 15 is 0 Å². The molecule has 9 aromatic rings. The third kappa shape index (κ3) is 3.80. The first-order valence-corrected chi connectivity index (χ1v) is 14.9. The van der Waals surface area contributed by atoms with Gasteiger partial charge in [-0.15, -0.1) is 0 Å². The van der Waals surface area contributed by atoms with E-state index in [1.54, 1.807) is 0 Å². The largest absolute Gasteiger partial charge is 0.208 e. The van der Waals surface area contributed by atoms with Gasteiger partial charge in [0.25, 0.3) is 0 Å². The highest BCUT2D eigenvalue weighted by molar-refractivity contribution is 6.34. The molecule has 0 amide bonds. The van der Waals surface area contributed by atoms with Crippen LogP contribution in [0, 0.1) is 0 Å². The van der Waals surface area contributed by atoms with Crippen molar-refractivity contribution in [3.05, 3.63) is 152 Å². The van der Waals surface area contributed by atoms with Crippen molar-refractivity contribution < 1.29 is 0 Å². The lowest BCUT2D eigenvalue weighted by atomic mass is 9.88. The maximum absolute atomic E-state index is 5.13. The second-order valence-electron chi connectivity index (χ2n) is 11.2. The summed E-state index contributed by atoms with van der Waals surface area (Å²) < 4.78 is 0. The van der Waals surface area contributed by atoms with Crippen molar-refractivity contribution in [2.24, 2.45) is 0 Å². The lowest BCUT2D eigenvalue weighted by Crippen LogP contribution is -2.01. The van der Waals surface area contributed by atoms with Crippen molar-refractivity contribution in [3.63, 3.8) is 0 Å². The zero-order chi connectivity index (χ0) is 29.0. The van der Waals surface area contributed by atoms with Crippen molar-refractivity contribution in [2.75, 3.05) is 0 Å². The third-order valence-electron chi connectivity index (χ3n) is 8.67. The van der Waals surface area contributed by atoms with E-state index in [2.05, 4.69) is 115 Å². The Balaban J connectivity index is 1.47. The first-order chi connectivity index (χ1) is 21.8. The molecule has 1 aromatic heterocycles. The predicted octanol–water partition coefficient (Wildman–Crippen LogP) is 10.6. The number of rotatable bonds is 3. The fraction of sp³-hybridized carbons (Fsp3) is 0. The Morgan fingerprint density at radius 1 is 0.295 bits per heavy atom. The zero-order valence-electron chi connectivity index (χ0n) is 23.8. The van der Waals surface area contributed by atoms with Crippen molar-refractivity contribution in [1.82, 2.24) is 15.0 Å². The van der Waals surface area contributed by atoms with Crippen LogP contribution in [0.15, 0.2) is 152 Å². The molecule has 0 saturated heterocycles. The molecule has 0 spiro atoms. The van der Waals surface area contributed by atoms with Gasteiger partial charge in [-0.1, -0.05) is 146 Å². The van der Waals surface area contributed by atoms with Gasteiger partial charge in [0.1, 0.15) is 0 Å². The van der Waals surface area contributed by atoms with Gasteiger partial charge in [-0.05, 0) is 59.9 Å². The average Bonchev–Trinajstić information content (AvgIpc) is 3.10. The molecular weight excluding hydrogens is 534 g/mol. The van der Waals surface area contributed by atoms with Gasteiger partial charge < -0.3 is 0 Å². The molecule has 3 nitrogen and oxygen atoms in total. The van der Waals surface area contributed by atoms with Crippen molar-refractivity contribution >= 4 is 53.9 Å². The minimum absolute atomic E-state index is 0.660. The number of aromatic nitrogens is 3. The van der Waals surface area contributed by atoms with Gasteiger partial charge >= 0.3 is 0 Å². The summed E-state index contributed by atoms with van der Waals surface area (Å²) in [6.07, 6.45) is 0. The van der Waals surface area contributed by atoms with Gasteiger partial charge in [0.2, 0.25) is 0 Å². The van der Waals surface area contributed by atoms with Crippen LogP contribution in [0.5, 0.6) is 0 Å². The van der Waals surface area contributed by atoms with Crippen LogP contribution in [0.25, 0.3) is 88.0 Å². The molecule has 0 fully saturated rings. The molecule has 0 N–H and O–H groups in total. The van der Waals surface area contributed by atoms with Gasteiger partial charge in [0.15, 0.2) is 17.5 Å². The van der Waals surface area contributed by atoms with Crippen LogP contribution in [0.2, 0.25) is 0 Å².